The van der Waals surface area contributed by atoms with Crippen molar-refractivity contribution >= 4 is 22.7 Å². The minimum atomic E-state index is -0.615. The van der Waals surface area contributed by atoms with Crippen LogP contribution in [0.2, 0.25) is 0 Å². The van der Waals surface area contributed by atoms with Gasteiger partial charge in [0.05, 0.1) is 31.9 Å². The third-order valence-electron chi connectivity index (χ3n) is 6.66. The van der Waals surface area contributed by atoms with Gasteiger partial charge in [0.2, 0.25) is 12.2 Å². The maximum absolute atomic E-state index is 13.5. The molecule has 190 valence electrons. The van der Waals surface area contributed by atoms with E-state index in [2.05, 4.69) is 0 Å². The molecule has 1 fully saturated rings. The van der Waals surface area contributed by atoms with E-state index in [1.807, 2.05) is 41.4 Å². The number of hydrogen-bond acceptors (Lipinski definition) is 6. The molecule has 0 aliphatic carbocycles. The summed E-state index contributed by atoms with van der Waals surface area (Å²) >= 11 is 0. The third kappa shape index (κ3) is 6.31. The predicted molar refractivity (Wildman–Crippen MR) is 132 cm³/mol. The van der Waals surface area contributed by atoms with E-state index in [0.29, 0.717) is 18.8 Å². The summed E-state index contributed by atoms with van der Waals surface area (Å²) in [4.78, 5) is 27.7. The molecule has 0 spiro atoms. The van der Waals surface area contributed by atoms with Gasteiger partial charge in [-0.1, -0.05) is 37.5 Å². The number of amides is 1. The highest BCUT2D eigenvalue weighted by atomic mass is 16.7. The fraction of sp³-hybridized carbons (Fsp3) is 0.556. The number of ether oxygens (including phenoxy) is 3. The summed E-state index contributed by atoms with van der Waals surface area (Å²) in [5.41, 5.74) is 1.82. The lowest BCUT2D eigenvalue weighted by molar-refractivity contribution is -0.156. The smallest absolute Gasteiger partial charge is 0.288 e. The minimum Gasteiger partial charge on any atom is -0.459 e. The summed E-state index contributed by atoms with van der Waals surface area (Å²) in [6, 6.07) is 7.81. The molecule has 2 aromatic rings. The number of hydrogen-bond donors (Lipinski definition) is 1. The van der Waals surface area contributed by atoms with E-state index in [1.165, 1.54) is 6.42 Å². The molecular weight excluding hydrogens is 448 g/mol. The Morgan fingerprint density at radius 2 is 1.80 bits per heavy atom. The molecule has 2 aliphatic heterocycles. The Morgan fingerprint density at radius 3 is 2.54 bits per heavy atom. The van der Waals surface area contributed by atoms with Gasteiger partial charge in [-0.3, -0.25) is 14.2 Å². The van der Waals surface area contributed by atoms with E-state index >= 15 is 0 Å². The summed E-state index contributed by atoms with van der Waals surface area (Å²) in [6.07, 6.45) is 9.16. The number of rotatable bonds is 8. The molecule has 1 aromatic carbocycles. The van der Waals surface area contributed by atoms with Crippen molar-refractivity contribution in [2.45, 2.75) is 57.7 Å². The topological polar surface area (TPSA) is 90.2 Å². The van der Waals surface area contributed by atoms with Crippen LogP contribution in [0.3, 0.4) is 0 Å². The number of carbonyl (C=O) groups excluding carboxylic acids is 2. The van der Waals surface area contributed by atoms with Crippen molar-refractivity contribution in [1.82, 2.24) is 9.47 Å². The van der Waals surface area contributed by atoms with E-state index in [4.69, 9.17) is 19.3 Å². The first-order valence-corrected chi connectivity index (χ1v) is 12.7. The summed E-state index contributed by atoms with van der Waals surface area (Å²) in [7, 11) is 0. The molecule has 1 aromatic heterocycles. The zero-order chi connectivity index (χ0) is 24.6. The fourth-order valence-electron chi connectivity index (χ4n) is 4.90. The van der Waals surface area contributed by atoms with Crippen LogP contribution in [-0.4, -0.2) is 72.2 Å². The average Bonchev–Trinajstić information content (AvgIpc) is 3.23. The second-order valence-electron chi connectivity index (χ2n) is 9.18. The standard InChI is InChI=1S/C27H36N2O6/c1-20(31)29-19-23(22-9-5-6-10-24(22)29)21-17-25(27(32)28-11-7-3-2-4-8-12-28)35-26(18-21)34-16-15-33-14-13-30/h5-6,9-10,17,19,21,26,30H,2-4,7-8,11-16,18H2,1H3/t21-,26+/m0/s1. The summed E-state index contributed by atoms with van der Waals surface area (Å²) in [5.74, 6) is 0.000335. The van der Waals surface area contributed by atoms with Gasteiger partial charge in [-0.2, -0.15) is 0 Å². The molecule has 35 heavy (non-hydrogen) atoms. The van der Waals surface area contributed by atoms with Gasteiger partial charge in [-0.05, 0) is 30.5 Å². The first-order chi connectivity index (χ1) is 17.1. The molecule has 1 amide bonds. The van der Waals surface area contributed by atoms with Crippen LogP contribution in [0, 0.1) is 0 Å². The molecule has 2 atom stereocenters. The highest BCUT2D eigenvalue weighted by molar-refractivity contribution is 5.95. The van der Waals surface area contributed by atoms with Crippen molar-refractivity contribution in [3.63, 3.8) is 0 Å². The number of likely N-dealkylation sites (tertiary alicyclic amines) is 1. The van der Waals surface area contributed by atoms with Gasteiger partial charge in [-0.15, -0.1) is 0 Å². The maximum Gasteiger partial charge on any atom is 0.288 e. The number of fused-ring (bicyclic) bond motifs is 1. The molecule has 4 rings (SSSR count). The van der Waals surface area contributed by atoms with Crippen LogP contribution < -0.4 is 0 Å². The fourth-order valence-corrected chi connectivity index (χ4v) is 4.90. The monoisotopic (exact) mass is 484 g/mol. The number of allylic oxidation sites excluding steroid dienone is 1. The van der Waals surface area contributed by atoms with Crippen molar-refractivity contribution < 1.29 is 28.9 Å². The van der Waals surface area contributed by atoms with Crippen molar-refractivity contribution in [3.05, 3.63) is 47.9 Å². The van der Waals surface area contributed by atoms with Crippen molar-refractivity contribution in [1.29, 1.82) is 0 Å². The summed E-state index contributed by atoms with van der Waals surface area (Å²) in [5, 5.41) is 9.87. The number of aliphatic hydroxyl groups is 1. The van der Waals surface area contributed by atoms with Gasteiger partial charge in [0.25, 0.3) is 5.91 Å². The van der Waals surface area contributed by atoms with Gasteiger partial charge in [-0.25, -0.2) is 0 Å². The van der Waals surface area contributed by atoms with E-state index in [9.17, 15) is 9.59 Å². The molecule has 2 aliphatic rings. The molecule has 8 nitrogen and oxygen atoms in total. The van der Waals surface area contributed by atoms with Crippen molar-refractivity contribution in [2.75, 3.05) is 39.5 Å². The molecule has 1 saturated heterocycles. The summed E-state index contributed by atoms with van der Waals surface area (Å²) < 4.78 is 19.0. The van der Waals surface area contributed by atoms with E-state index in [0.717, 1.165) is 55.2 Å². The molecule has 0 radical (unpaired) electrons. The Bertz CT molecular complexity index is 1040. The highest BCUT2D eigenvalue weighted by Gasteiger charge is 2.32. The van der Waals surface area contributed by atoms with Crippen LogP contribution in [-0.2, 0) is 19.0 Å². The minimum absolute atomic E-state index is 0.0422. The Morgan fingerprint density at radius 1 is 1.06 bits per heavy atom. The van der Waals surface area contributed by atoms with Gasteiger partial charge in [0.1, 0.15) is 0 Å². The van der Waals surface area contributed by atoms with Crippen LogP contribution in [0.5, 0.6) is 0 Å². The van der Waals surface area contributed by atoms with Gasteiger partial charge < -0.3 is 24.2 Å². The number of para-hydroxylation sites is 1. The first kappa shape index (κ1) is 25.4. The lowest BCUT2D eigenvalue weighted by atomic mass is 9.92. The quantitative estimate of drug-likeness (QED) is 0.573. The lowest BCUT2D eigenvalue weighted by Crippen LogP contribution is -2.38. The van der Waals surface area contributed by atoms with Crippen LogP contribution in [0.15, 0.2) is 42.3 Å². The van der Waals surface area contributed by atoms with Crippen LogP contribution in [0.4, 0.5) is 0 Å². The lowest BCUT2D eigenvalue weighted by Gasteiger charge is -2.32. The number of nitrogens with zero attached hydrogens (tertiary/aromatic N) is 2. The Hall–Kier alpha value is -2.68. The summed E-state index contributed by atoms with van der Waals surface area (Å²) in [6.45, 7) is 3.83. The van der Waals surface area contributed by atoms with Crippen LogP contribution >= 0.6 is 0 Å². The van der Waals surface area contributed by atoms with Crippen LogP contribution in [0.1, 0.15) is 61.7 Å². The van der Waals surface area contributed by atoms with Gasteiger partial charge in [0, 0.05) is 43.9 Å². The van der Waals surface area contributed by atoms with Crippen molar-refractivity contribution in [2.24, 2.45) is 0 Å². The molecule has 0 unspecified atom stereocenters. The molecular formula is C27H36N2O6. The largest absolute Gasteiger partial charge is 0.459 e. The number of aliphatic hydroxyl groups excluding tert-OH is 1. The average molecular weight is 485 g/mol. The first-order valence-electron chi connectivity index (χ1n) is 12.7. The van der Waals surface area contributed by atoms with E-state index in [-0.39, 0.29) is 37.6 Å². The number of carbonyl (C=O) groups is 2. The normalized spacial score (nSPS) is 21.2. The second kappa shape index (κ2) is 12.3. The Balaban J connectivity index is 1.61. The SMILES string of the molecule is CC(=O)n1cc([C@H]2C=C(C(=O)N3CCCCCCC3)O[C@@H](OCCOCCO)C2)c2ccccc21. The predicted octanol–water partition coefficient (Wildman–Crippen LogP) is 3.83. The van der Waals surface area contributed by atoms with Gasteiger partial charge >= 0.3 is 0 Å². The Labute approximate surface area is 206 Å². The maximum atomic E-state index is 13.5. The third-order valence-corrected chi connectivity index (χ3v) is 6.66. The molecule has 1 N–H and O–H groups in total. The molecule has 8 heteroatoms. The molecule has 0 bridgehead atoms. The number of benzene rings is 1. The van der Waals surface area contributed by atoms with Crippen LogP contribution in [0.25, 0.3) is 10.9 Å². The highest BCUT2D eigenvalue weighted by Crippen LogP contribution is 2.37. The van der Waals surface area contributed by atoms with E-state index in [1.54, 1.807) is 11.5 Å². The molecule has 3 heterocycles. The second-order valence-corrected chi connectivity index (χ2v) is 9.18. The molecule has 0 saturated carbocycles. The van der Waals surface area contributed by atoms with E-state index < -0.39 is 6.29 Å². The zero-order valence-corrected chi connectivity index (χ0v) is 20.5. The number of aromatic nitrogens is 1. The van der Waals surface area contributed by atoms with Gasteiger partial charge in [0.15, 0.2) is 5.76 Å². The zero-order valence-electron chi connectivity index (χ0n) is 20.5. The van der Waals surface area contributed by atoms with Crippen molar-refractivity contribution in [3.8, 4) is 0 Å². The Kier molecular flexibility index (Phi) is 8.95.